The molecule has 1 atom stereocenters. The molecule has 0 radical (unpaired) electrons. The molecule has 5 heteroatoms. The summed E-state index contributed by atoms with van der Waals surface area (Å²) in [5.74, 6) is -0.469. The average Bonchev–Trinajstić information content (AvgIpc) is 2.48. The molecule has 1 heterocycles. The molecule has 0 spiro atoms. The molecule has 0 bridgehead atoms. The molecular weight excluding hydrogens is 282 g/mol. The van der Waals surface area contributed by atoms with Crippen molar-refractivity contribution in [2.75, 3.05) is 20.1 Å². The van der Waals surface area contributed by atoms with Crippen molar-refractivity contribution in [3.63, 3.8) is 0 Å². The fraction of sp³-hybridized carbons (Fsp3) is 0.500. The Morgan fingerprint density at radius 2 is 2.00 bits per heavy atom. The van der Waals surface area contributed by atoms with Crippen LogP contribution in [0.5, 0.6) is 0 Å². The molecule has 1 aromatic rings. The number of thiocarbonyl (C=S) groups is 1. The van der Waals surface area contributed by atoms with Crippen molar-refractivity contribution < 1.29 is 4.79 Å². The number of nitrogens with two attached hydrogens (primary N) is 1. The number of amides is 1. The number of carbonyl (C=O) groups is 1. The molecule has 114 valence electrons. The van der Waals surface area contributed by atoms with Gasteiger partial charge in [0.05, 0.1) is 10.9 Å². The minimum Gasteiger partial charge on any atom is -0.393 e. The number of likely N-dealkylation sites (tertiary alicyclic amines) is 1. The van der Waals surface area contributed by atoms with E-state index < -0.39 is 5.92 Å². The van der Waals surface area contributed by atoms with Crippen molar-refractivity contribution in [2.24, 2.45) is 11.7 Å². The van der Waals surface area contributed by atoms with Crippen LogP contribution in [-0.2, 0) is 11.2 Å². The Hall–Kier alpha value is -1.46. The zero-order chi connectivity index (χ0) is 15.2. The van der Waals surface area contributed by atoms with Gasteiger partial charge in [0.1, 0.15) is 0 Å². The highest BCUT2D eigenvalue weighted by molar-refractivity contribution is 7.80. The third kappa shape index (κ3) is 4.79. The van der Waals surface area contributed by atoms with Crippen molar-refractivity contribution in [1.82, 2.24) is 10.2 Å². The first-order valence-corrected chi connectivity index (χ1v) is 7.79. The van der Waals surface area contributed by atoms with Gasteiger partial charge in [0.15, 0.2) is 0 Å². The number of carbonyl (C=O) groups excluding carboxylic acids is 1. The van der Waals surface area contributed by atoms with Gasteiger partial charge in [0.25, 0.3) is 0 Å². The van der Waals surface area contributed by atoms with Crippen LogP contribution in [0.15, 0.2) is 30.3 Å². The Bertz CT molecular complexity index is 484. The van der Waals surface area contributed by atoms with E-state index in [0.717, 1.165) is 31.5 Å². The van der Waals surface area contributed by atoms with E-state index in [2.05, 4.69) is 17.3 Å². The highest BCUT2D eigenvalue weighted by Gasteiger charge is 2.25. The van der Waals surface area contributed by atoms with Gasteiger partial charge in [-0.2, -0.15) is 0 Å². The summed E-state index contributed by atoms with van der Waals surface area (Å²) in [5.41, 5.74) is 6.85. The summed E-state index contributed by atoms with van der Waals surface area (Å²) < 4.78 is 0. The first kappa shape index (κ1) is 15.9. The van der Waals surface area contributed by atoms with Crippen LogP contribution in [-0.4, -0.2) is 42.0 Å². The van der Waals surface area contributed by atoms with Crippen LogP contribution >= 0.6 is 12.2 Å². The van der Waals surface area contributed by atoms with Crippen LogP contribution in [0.3, 0.4) is 0 Å². The van der Waals surface area contributed by atoms with Gasteiger partial charge in [-0.3, -0.25) is 4.79 Å². The molecule has 0 saturated carbocycles. The Kier molecular flexibility index (Phi) is 5.70. The lowest BCUT2D eigenvalue weighted by molar-refractivity contribution is -0.124. The molecule has 2 rings (SSSR count). The van der Waals surface area contributed by atoms with E-state index in [-0.39, 0.29) is 16.9 Å². The van der Waals surface area contributed by atoms with Crippen molar-refractivity contribution in [2.45, 2.75) is 25.3 Å². The van der Waals surface area contributed by atoms with Gasteiger partial charge < -0.3 is 16.0 Å². The maximum atomic E-state index is 12.4. The maximum Gasteiger partial charge on any atom is 0.230 e. The lowest BCUT2D eigenvalue weighted by atomic mass is 9.97. The second-order valence-electron chi connectivity index (χ2n) is 5.73. The van der Waals surface area contributed by atoms with Crippen LogP contribution in [0.2, 0.25) is 0 Å². The monoisotopic (exact) mass is 305 g/mol. The smallest absolute Gasteiger partial charge is 0.230 e. The molecule has 1 saturated heterocycles. The van der Waals surface area contributed by atoms with E-state index in [4.69, 9.17) is 18.0 Å². The van der Waals surface area contributed by atoms with Crippen molar-refractivity contribution in [1.29, 1.82) is 0 Å². The number of rotatable bonds is 5. The first-order valence-electron chi connectivity index (χ1n) is 7.38. The third-order valence-electron chi connectivity index (χ3n) is 4.01. The summed E-state index contributed by atoms with van der Waals surface area (Å²) in [7, 11) is 2.10. The zero-order valence-electron chi connectivity index (χ0n) is 12.4. The highest BCUT2D eigenvalue weighted by atomic mass is 32.1. The Morgan fingerprint density at radius 1 is 1.38 bits per heavy atom. The summed E-state index contributed by atoms with van der Waals surface area (Å²) >= 11 is 5.09. The summed E-state index contributed by atoms with van der Waals surface area (Å²) in [6, 6.07) is 10.1. The van der Waals surface area contributed by atoms with Crippen LogP contribution in [0.4, 0.5) is 0 Å². The second kappa shape index (κ2) is 7.52. The molecule has 3 N–H and O–H groups in total. The standard InChI is InChI=1S/C16H23N3OS/c1-19-9-7-13(8-10-19)18-16(20)14(15(17)21)11-12-5-3-2-4-6-12/h2-6,13-14H,7-11H2,1H3,(H2,17,21)(H,18,20). The molecule has 1 aliphatic heterocycles. The van der Waals surface area contributed by atoms with E-state index in [1.807, 2.05) is 30.3 Å². The lowest BCUT2D eigenvalue weighted by Crippen LogP contribution is -2.47. The predicted molar refractivity (Wildman–Crippen MR) is 89.1 cm³/mol. The first-order chi connectivity index (χ1) is 10.1. The molecule has 0 aromatic heterocycles. The fourth-order valence-corrected chi connectivity index (χ4v) is 2.82. The van der Waals surface area contributed by atoms with Crippen LogP contribution in [0.25, 0.3) is 0 Å². The summed E-state index contributed by atoms with van der Waals surface area (Å²) in [6.45, 7) is 2.03. The van der Waals surface area contributed by atoms with Crippen molar-refractivity contribution >= 4 is 23.1 Å². The van der Waals surface area contributed by atoms with Gasteiger partial charge in [-0.05, 0) is 45.0 Å². The highest BCUT2D eigenvalue weighted by Crippen LogP contribution is 2.13. The van der Waals surface area contributed by atoms with Gasteiger partial charge in [0.2, 0.25) is 5.91 Å². The Balaban J connectivity index is 1.94. The zero-order valence-corrected chi connectivity index (χ0v) is 13.2. The van der Waals surface area contributed by atoms with Crippen LogP contribution in [0, 0.1) is 5.92 Å². The van der Waals surface area contributed by atoms with E-state index in [1.165, 1.54) is 0 Å². The number of nitrogens with zero attached hydrogens (tertiary/aromatic N) is 1. The quantitative estimate of drug-likeness (QED) is 0.806. The number of nitrogens with one attached hydrogen (secondary N) is 1. The fourth-order valence-electron chi connectivity index (χ4n) is 2.63. The van der Waals surface area contributed by atoms with Gasteiger partial charge in [-0.1, -0.05) is 42.5 Å². The van der Waals surface area contributed by atoms with E-state index in [1.54, 1.807) is 0 Å². The normalized spacial score (nSPS) is 18.1. The molecule has 1 aliphatic rings. The predicted octanol–water partition coefficient (Wildman–Crippen LogP) is 1.34. The van der Waals surface area contributed by atoms with Crippen molar-refractivity contribution in [3.8, 4) is 0 Å². The van der Waals surface area contributed by atoms with Gasteiger partial charge >= 0.3 is 0 Å². The molecule has 4 nitrogen and oxygen atoms in total. The second-order valence-corrected chi connectivity index (χ2v) is 6.20. The summed E-state index contributed by atoms with van der Waals surface area (Å²) in [5, 5.41) is 3.11. The molecule has 1 fully saturated rings. The van der Waals surface area contributed by atoms with Gasteiger partial charge in [-0.25, -0.2) is 0 Å². The number of hydrogen-bond acceptors (Lipinski definition) is 3. The van der Waals surface area contributed by atoms with E-state index >= 15 is 0 Å². The minimum atomic E-state index is -0.429. The minimum absolute atomic E-state index is 0.0408. The Morgan fingerprint density at radius 3 is 2.57 bits per heavy atom. The largest absolute Gasteiger partial charge is 0.393 e. The number of benzene rings is 1. The SMILES string of the molecule is CN1CCC(NC(=O)C(Cc2ccccc2)C(N)=S)CC1. The lowest BCUT2D eigenvalue weighted by Gasteiger charge is -2.30. The van der Waals surface area contributed by atoms with Gasteiger partial charge in [0, 0.05) is 6.04 Å². The summed E-state index contributed by atoms with van der Waals surface area (Å²) in [4.78, 5) is 15.0. The van der Waals surface area contributed by atoms with E-state index in [9.17, 15) is 4.79 Å². The summed E-state index contributed by atoms with van der Waals surface area (Å²) in [6.07, 6.45) is 2.53. The number of hydrogen-bond donors (Lipinski definition) is 2. The maximum absolute atomic E-state index is 12.4. The average molecular weight is 305 g/mol. The topological polar surface area (TPSA) is 58.4 Å². The molecule has 1 amide bonds. The van der Waals surface area contributed by atoms with Crippen LogP contribution < -0.4 is 11.1 Å². The van der Waals surface area contributed by atoms with Gasteiger partial charge in [-0.15, -0.1) is 0 Å². The number of piperidine rings is 1. The molecule has 21 heavy (non-hydrogen) atoms. The Labute approximate surface area is 131 Å². The van der Waals surface area contributed by atoms with E-state index in [0.29, 0.717) is 6.42 Å². The molecule has 1 aromatic carbocycles. The molecule has 0 aliphatic carbocycles. The molecular formula is C16H23N3OS. The van der Waals surface area contributed by atoms with Crippen molar-refractivity contribution in [3.05, 3.63) is 35.9 Å². The molecule has 1 unspecified atom stereocenters. The van der Waals surface area contributed by atoms with Crippen LogP contribution in [0.1, 0.15) is 18.4 Å². The third-order valence-corrected chi connectivity index (χ3v) is 4.29.